The molecule has 0 bridgehead atoms. The summed E-state index contributed by atoms with van der Waals surface area (Å²) < 4.78 is 0. The van der Waals surface area contributed by atoms with Crippen LogP contribution < -0.4 is 5.06 Å². The maximum atomic E-state index is 10.8. The maximum Gasteiger partial charge on any atom is 0.167 e. The van der Waals surface area contributed by atoms with Crippen LogP contribution in [0.25, 0.3) is 0 Å². The van der Waals surface area contributed by atoms with Crippen LogP contribution in [0.5, 0.6) is 0 Å². The van der Waals surface area contributed by atoms with E-state index < -0.39 is 0 Å². The minimum absolute atomic E-state index is 0.237. The molecule has 25 heavy (non-hydrogen) atoms. The van der Waals surface area contributed by atoms with Crippen molar-refractivity contribution < 1.29 is 5.21 Å². The third-order valence-corrected chi connectivity index (χ3v) is 4.32. The van der Waals surface area contributed by atoms with Crippen LogP contribution in [0, 0.1) is 0 Å². The number of hydrogen-bond donors (Lipinski definition) is 1. The Morgan fingerprint density at radius 3 is 2.16 bits per heavy atom. The summed E-state index contributed by atoms with van der Waals surface area (Å²) in [6.07, 6.45) is 0. The number of hydrogen-bond acceptors (Lipinski definition) is 2. The molecular weight excluding hydrogens is 379 g/mol. The first-order valence-corrected chi connectivity index (χ1v) is 8.52. The van der Waals surface area contributed by atoms with Crippen molar-refractivity contribution in [3.63, 3.8) is 0 Å². The number of halogens is 3. The van der Waals surface area contributed by atoms with Gasteiger partial charge in [0, 0.05) is 10.6 Å². The number of hydroxylamine groups is 1. The molecule has 3 aromatic carbocycles. The highest BCUT2D eigenvalue weighted by molar-refractivity contribution is 6.36. The lowest BCUT2D eigenvalue weighted by Crippen LogP contribution is -2.28. The molecule has 0 saturated carbocycles. The van der Waals surface area contributed by atoms with Crippen molar-refractivity contribution in [3.8, 4) is 0 Å². The molecule has 3 rings (SSSR count). The zero-order valence-corrected chi connectivity index (χ0v) is 15.2. The second-order valence-corrected chi connectivity index (χ2v) is 6.41. The van der Waals surface area contributed by atoms with Crippen LogP contribution in [0.4, 0.5) is 11.4 Å². The first kappa shape index (κ1) is 17.8. The fourth-order valence-corrected chi connectivity index (χ4v) is 2.89. The van der Waals surface area contributed by atoms with Gasteiger partial charge in [-0.25, -0.2) is 10.1 Å². The van der Waals surface area contributed by atoms with E-state index in [1.54, 1.807) is 66.7 Å². The first-order chi connectivity index (χ1) is 12.1. The van der Waals surface area contributed by atoms with Crippen molar-refractivity contribution in [2.24, 2.45) is 4.99 Å². The summed E-state index contributed by atoms with van der Waals surface area (Å²) in [5, 5.41) is 13.1. The fraction of sp³-hybridized carbons (Fsp3) is 0. The molecule has 0 fully saturated rings. The topological polar surface area (TPSA) is 35.8 Å². The quantitative estimate of drug-likeness (QED) is 0.309. The number of nitrogens with zero attached hydrogens (tertiary/aromatic N) is 2. The zero-order valence-electron chi connectivity index (χ0n) is 12.9. The summed E-state index contributed by atoms with van der Waals surface area (Å²) in [5.74, 6) is 0.237. The van der Waals surface area contributed by atoms with E-state index in [0.717, 1.165) is 5.06 Å². The molecule has 0 radical (unpaired) electrons. The summed E-state index contributed by atoms with van der Waals surface area (Å²) in [6, 6.07) is 21.0. The highest BCUT2D eigenvalue weighted by Crippen LogP contribution is 2.29. The second-order valence-electron chi connectivity index (χ2n) is 5.16. The molecule has 0 aliphatic heterocycles. The van der Waals surface area contributed by atoms with Gasteiger partial charge in [0.15, 0.2) is 5.84 Å². The molecule has 126 valence electrons. The standard InChI is InChI=1S/C19H13Cl3N2O/c20-13-6-5-7-14(12-13)23-19(15-8-1-2-9-16(15)21)24(25)18-11-4-3-10-17(18)22/h1-12,25H. The van der Waals surface area contributed by atoms with Gasteiger partial charge in [0.1, 0.15) is 0 Å². The smallest absolute Gasteiger partial charge is 0.167 e. The fourth-order valence-electron chi connectivity index (χ4n) is 2.27. The Morgan fingerprint density at radius 1 is 0.800 bits per heavy atom. The molecule has 3 aromatic rings. The Hall–Kier alpha value is -2.04. The Labute approximate surface area is 160 Å². The summed E-state index contributed by atoms with van der Waals surface area (Å²) >= 11 is 18.6. The van der Waals surface area contributed by atoms with E-state index in [4.69, 9.17) is 34.8 Å². The van der Waals surface area contributed by atoms with Gasteiger partial charge in [-0.05, 0) is 42.5 Å². The van der Waals surface area contributed by atoms with E-state index in [0.29, 0.717) is 32.0 Å². The van der Waals surface area contributed by atoms with Crippen LogP contribution in [0.1, 0.15) is 5.56 Å². The van der Waals surface area contributed by atoms with Crippen molar-refractivity contribution in [1.82, 2.24) is 0 Å². The van der Waals surface area contributed by atoms with E-state index in [2.05, 4.69) is 4.99 Å². The molecule has 0 aliphatic carbocycles. The van der Waals surface area contributed by atoms with E-state index in [-0.39, 0.29) is 5.84 Å². The van der Waals surface area contributed by atoms with Crippen molar-refractivity contribution in [1.29, 1.82) is 0 Å². The normalized spacial score (nSPS) is 11.4. The lowest BCUT2D eigenvalue weighted by molar-refractivity contribution is 0.313. The van der Waals surface area contributed by atoms with Crippen LogP contribution in [0.15, 0.2) is 77.8 Å². The molecule has 0 atom stereocenters. The number of rotatable bonds is 3. The van der Waals surface area contributed by atoms with Gasteiger partial charge in [-0.15, -0.1) is 0 Å². The highest BCUT2D eigenvalue weighted by atomic mass is 35.5. The van der Waals surface area contributed by atoms with Crippen LogP contribution in [0.2, 0.25) is 15.1 Å². The lowest BCUT2D eigenvalue weighted by atomic mass is 10.2. The predicted octanol–water partition coefficient (Wildman–Crippen LogP) is 6.62. The number of benzene rings is 3. The molecule has 0 spiro atoms. The summed E-state index contributed by atoms with van der Waals surface area (Å²) in [6.45, 7) is 0. The summed E-state index contributed by atoms with van der Waals surface area (Å²) in [5.41, 5.74) is 1.53. The first-order valence-electron chi connectivity index (χ1n) is 7.39. The van der Waals surface area contributed by atoms with Crippen molar-refractivity contribution >= 4 is 52.0 Å². The largest absolute Gasteiger partial charge is 0.282 e. The van der Waals surface area contributed by atoms with E-state index in [1.165, 1.54) is 0 Å². The van der Waals surface area contributed by atoms with Gasteiger partial charge >= 0.3 is 0 Å². The zero-order chi connectivity index (χ0) is 17.8. The predicted molar refractivity (Wildman–Crippen MR) is 105 cm³/mol. The van der Waals surface area contributed by atoms with E-state index in [9.17, 15) is 5.21 Å². The van der Waals surface area contributed by atoms with Crippen LogP contribution in [-0.2, 0) is 0 Å². The third-order valence-electron chi connectivity index (χ3n) is 3.44. The van der Waals surface area contributed by atoms with Crippen molar-refractivity contribution in [2.75, 3.05) is 5.06 Å². The SMILES string of the molecule is ON(C(=Nc1cccc(Cl)c1)c1ccccc1Cl)c1ccccc1Cl. The molecular formula is C19H13Cl3N2O. The van der Waals surface area contributed by atoms with Crippen LogP contribution in [-0.4, -0.2) is 11.0 Å². The monoisotopic (exact) mass is 390 g/mol. The van der Waals surface area contributed by atoms with Gasteiger partial charge in [-0.1, -0.05) is 65.1 Å². The number of para-hydroxylation sites is 1. The van der Waals surface area contributed by atoms with Crippen molar-refractivity contribution in [3.05, 3.63) is 93.4 Å². The van der Waals surface area contributed by atoms with Gasteiger partial charge < -0.3 is 0 Å². The Kier molecular flexibility index (Phi) is 5.61. The average Bonchev–Trinajstić information content (AvgIpc) is 2.60. The second kappa shape index (κ2) is 7.89. The van der Waals surface area contributed by atoms with Gasteiger partial charge in [0.2, 0.25) is 0 Å². The Balaban J connectivity index is 2.16. The molecule has 0 amide bonds. The van der Waals surface area contributed by atoms with E-state index in [1.807, 2.05) is 6.07 Å². The summed E-state index contributed by atoms with van der Waals surface area (Å²) in [4.78, 5) is 4.53. The summed E-state index contributed by atoms with van der Waals surface area (Å²) in [7, 11) is 0. The van der Waals surface area contributed by atoms with E-state index >= 15 is 0 Å². The molecule has 0 aliphatic rings. The maximum absolute atomic E-state index is 10.8. The minimum atomic E-state index is 0.237. The van der Waals surface area contributed by atoms with Crippen LogP contribution in [0.3, 0.4) is 0 Å². The van der Waals surface area contributed by atoms with Crippen LogP contribution >= 0.6 is 34.8 Å². The molecule has 6 heteroatoms. The van der Waals surface area contributed by atoms with Gasteiger partial charge in [0.25, 0.3) is 0 Å². The van der Waals surface area contributed by atoms with Gasteiger partial charge in [-0.2, -0.15) is 0 Å². The molecule has 1 N–H and O–H groups in total. The number of anilines is 1. The highest BCUT2D eigenvalue weighted by Gasteiger charge is 2.18. The molecule has 0 aromatic heterocycles. The lowest BCUT2D eigenvalue weighted by Gasteiger charge is -2.21. The van der Waals surface area contributed by atoms with Gasteiger partial charge in [0.05, 0.1) is 21.4 Å². The molecule has 3 nitrogen and oxygen atoms in total. The molecule has 0 saturated heterocycles. The molecule has 0 unspecified atom stereocenters. The third kappa shape index (κ3) is 4.14. The number of amidine groups is 1. The molecule has 0 heterocycles. The Morgan fingerprint density at radius 2 is 1.48 bits per heavy atom. The average molecular weight is 392 g/mol. The van der Waals surface area contributed by atoms with Gasteiger partial charge in [-0.3, -0.25) is 5.21 Å². The van der Waals surface area contributed by atoms with Crippen molar-refractivity contribution in [2.45, 2.75) is 0 Å². The number of aliphatic imine (C=N–C) groups is 1. The minimum Gasteiger partial charge on any atom is -0.282 e. The Bertz CT molecular complexity index is 928.